The third-order valence-electron chi connectivity index (χ3n) is 1.88. The minimum absolute atomic E-state index is 0.657. The average molecular weight is 158 g/mol. The Bertz CT molecular complexity index is 338. The van der Waals surface area contributed by atoms with Crippen molar-refractivity contribution in [3.63, 3.8) is 0 Å². The second kappa shape index (κ2) is 2.86. The fourth-order valence-corrected chi connectivity index (χ4v) is 1.28. The topological polar surface area (TPSA) is 33.0 Å². The molecule has 0 unspecified atom stereocenters. The number of benzene rings is 1. The number of hydrogen-bond acceptors (Lipinski definition) is 2. The molecule has 1 aromatic carbocycles. The molecule has 2 heteroatoms. The van der Waals surface area contributed by atoms with E-state index in [-0.39, 0.29) is 0 Å². The van der Waals surface area contributed by atoms with Crippen LogP contribution in [0.5, 0.6) is 5.75 Å². The lowest BCUT2D eigenvalue weighted by Gasteiger charge is -2.16. The third-order valence-corrected chi connectivity index (χ3v) is 1.88. The first-order valence-corrected chi connectivity index (χ1v) is 3.90. The van der Waals surface area contributed by atoms with Crippen molar-refractivity contribution in [2.24, 2.45) is 0 Å². The smallest absolute Gasteiger partial charge is 0.124 e. The minimum atomic E-state index is 0.657. The van der Waals surface area contributed by atoms with Gasteiger partial charge in [-0.15, -0.1) is 0 Å². The highest BCUT2D eigenvalue weighted by molar-refractivity contribution is 5.46. The van der Waals surface area contributed by atoms with Crippen LogP contribution in [0.3, 0.4) is 0 Å². The molecule has 2 rings (SSSR count). The molecule has 1 aliphatic heterocycles. The molecular weight excluding hydrogens is 150 g/mol. The van der Waals surface area contributed by atoms with Crippen LogP contribution >= 0.6 is 0 Å². The summed E-state index contributed by atoms with van der Waals surface area (Å²) in [6.07, 6.45) is 3.08. The summed E-state index contributed by atoms with van der Waals surface area (Å²) in [4.78, 5) is 0. The fourth-order valence-electron chi connectivity index (χ4n) is 1.28. The first kappa shape index (κ1) is 7.17. The molecule has 0 amide bonds. The van der Waals surface area contributed by atoms with E-state index >= 15 is 0 Å². The first-order valence-electron chi connectivity index (χ1n) is 3.90. The zero-order valence-corrected chi connectivity index (χ0v) is 6.58. The van der Waals surface area contributed by atoms with E-state index < -0.39 is 0 Å². The molecule has 1 aliphatic rings. The van der Waals surface area contributed by atoms with Crippen LogP contribution in [-0.2, 0) is 0 Å². The van der Waals surface area contributed by atoms with Gasteiger partial charge in [0.2, 0.25) is 0 Å². The summed E-state index contributed by atoms with van der Waals surface area (Å²) >= 11 is 0. The zero-order chi connectivity index (χ0) is 8.39. The zero-order valence-electron chi connectivity index (χ0n) is 6.58. The van der Waals surface area contributed by atoms with E-state index in [1.165, 1.54) is 0 Å². The molecule has 0 bridgehead atoms. The molecule has 1 heterocycles. The lowest BCUT2D eigenvalue weighted by atomic mass is 10.0. The Morgan fingerprint density at radius 3 is 3.17 bits per heavy atom. The van der Waals surface area contributed by atoms with Crippen LogP contribution in [0.2, 0.25) is 0 Å². The van der Waals surface area contributed by atoms with Crippen LogP contribution in [0.1, 0.15) is 17.5 Å². The Balaban J connectivity index is 2.44. The van der Waals surface area contributed by atoms with Gasteiger partial charge in [0, 0.05) is 0 Å². The maximum Gasteiger partial charge on any atom is 0.124 e. The molecule has 59 valence electrons. The van der Waals surface area contributed by atoms with Gasteiger partial charge in [-0.05, 0) is 30.5 Å². The van der Waals surface area contributed by atoms with Gasteiger partial charge in [0.15, 0.2) is 0 Å². The Morgan fingerprint density at radius 1 is 1.42 bits per heavy atom. The van der Waals surface area contributed by atoms with Crippen LogP contribution in [0.4, 0.5) is 0 Å². The molecule has 0 aromatic heterocycles. The molecule has 12 heavy (non-hydrogen) atoms. The minimum Gasteiger partial charge on any atom is -0.493 e. The van der Waals surface area contributed by atoms with Crippen molar-refractivity contribution in [1.29, 1.82) is 5.26 Å². The van der Waals surface area contributed by atoms with Crippen molar-refractivity contribution >= 4 is 0 Å². The Morgan fingerprint density at radius 2 is 2.33 bits per heavy atom. The standard InChI is InChI=1S/C10H8NO/c11-7-8-3-4-9-2-1-5-12-10(9)6-8/h2-4,6H,1,5H2. The molecular formula is C10H8NO. The van der Waals surface area contributed by atoms with Crippen molar-refractivity contribution < 1.29 is 4.74 Å². The second-order valence-electron chi connectivity index (χ2n) is 2.71. The van der Waals surface area contributed by atoms with Gasteiger partial charge in [-0.2, -0.15) is 5.26 Å². The summed E-state index contributed by atoms with van der Waals surface area (Å²) in [6.45, 7) is 0.724. The summed E-state index contributed by atoms with van der Waals surface area (Å²) < 4.78 is 5.38. The maximum atomic E-state index is 8.62. The summed E-state index contributed by atoms with van der Waals surface area (Å²) in [7, 11) is 0. The van der Waals surface area contributed by atoms with Gasteiger partial charge in [-0.3, -0.25) is 0 Å². The number of nitriles is 1. The largest absolute Gasteiger partial charge is 0.493 e. The molecule has 0 saturated heterocycles. The molecule has 1 aromatic rings. The van der Waals surface area contributed by atoms with Crippen molar-refractivity contribution in [2.75, 3.05) is 6.61 Å². The molecule has 0 aliphatic carbocycles. The Kier molecular flexibility index (Phi) is 1.71. The Labute approximate surface area is 71.4 Å². The molecule has 0 saturated carbocycles. The molecule has 0 fully saturated rings. The van der Waals surface area contributed by atoms with Crippen molar-refractivity contribution in [1.82, 2.24) is 0 Å². The van der Waals surface area contributed by atoms with Crippen molar-refractivity contribution in [3.05, 3.63) is 35.7 Å². The van der Waals surface area contributed by atoms with E-state index in [2.05, 4.69) is 12.5 Å². The highest BCUT2D eigenvalue weighted by Gasteiger charge is 2.09. The van der Waals surface area contributed by atoms with Crippen molar-refractivity contribution in [3.8, 4) is 11.8 Å². The van der Waals surface area contributed by atoms with E-state index in [9.17, 15) is 0 Å². The second-order valence-corrected chi connectivity index (χ2v) is 2.71. The lowest BCUT2D eigenvalue weighted by molar-refractivity contribution is 0.306. The van der Waals surface area contributed by atoms with Gasteiger partial charge in [0.1, 0.15) is 5.75 Å². The van der Waals surface area contributed by atoms with E-state index in [1.807, 2.05) is 12.1 Å². The number of fused-ring (bicyclic) bond motifs is 1. The van der Waals surface area contributed by atoms with Gasteiger partial charge in [-0.25, -0.2) is 0 Å². The molecule has 2 nitrogen and oxygen atoms in total. The van der Waals surface area contributed by atoms with Gasteiger partial charge in [0.25, 0.3) is 0 Å². The average Bonchev–Trinajstić information content (AvgIpc) is 2.17. The normalized spacial score (nSPS) is 14.2. The first-order chi connectivity index (χ1) is 5.90. The highest BCUT2D eigenvalue weighted by Crippen LogP contribution is 2.26. The van der Waals surface area contributed by atoms with Gasteiger partial charge < -0.3 is 4.74 Å². The number of nitrogens with zero attached hydrogens (tertiary/aromatic N) is 1. The predicted octanol–water partition coefficient (Wildman–Crippen LogP) is 1.89. The van der Waals surface area contributed by atoms with Gasteiger partial charge >= 0.3 is 0 Å². The molecule has 0 spiro atoms. The number of rotatable bonds is 0. The maximum absolute atomic E-state index is 8.62. The van der Waals surface area contributed by atoms with Gasteiger partial charge in [-0.1, -0.05) is 6.07 Å². The molecule has 0 atom stereocenters. The van der Waals surface area contributed by atoms with Crippen LogP contribution in [0, 0.1) is 17.8 Å². The van der Waals surface area contributed by atoms with E-state index in [0.717, 1.165) is 24.3 Å². The number of ether oxygens (including phenoxy) is 1. The van der Waals surface area contributed by atoms with Crippen LogP contribution in [0.25, 0.3) is 0 Å². The lowest BCUT2D eigenvalue weighted by Crippen LogP contribution is -2.06. The monoisotopic (exact) mass is 158 g/mol. The van der Waals surface area contributed by atoms with Crippen LogP contribution < -0.4 is 4.74 Å². The van der Waals surface area contributed by atoms with E-state index in [0.29, 0.717) is 5.56 Å². The fraction of sp³-hybridized carbons (Fsp3) is 0.200. The van der Waals surface area contributed by atoms with Gasteiger partial charge in [0.05, 0.1) is 18.2 Å². The van der Waals surface area contributed by atoms with Crippen LogP contribution in [0.15, 0.2) is 18.2 Å². The Hall–Kier alpha value is -1.49. The SMILES string of the molecule is N#Cc1ccc2c(c1)OCC[CH]2. The van der Waals surface area contributed by atoms with E-state index in [1.54, 1.807) is 6.07 Å². The van der Waals surface area contributed by atoms with Crippen molar-refractivity contribution in [2.45, 2.75) is 6.42 Å². The molecule has 0 N–H and O–H groups in total. The summed E-state index contributed by atoms with van der Waals surface area (Å²) in [6, 6.07) is 7.60. The third kappa shape index (κ3) is 1.14. The van der Waals surface area contributed by atoms with E-state index in [4.69, 9.17) is 10.00 Å². The summed E-state index contributed by atoms with van der Waals surface area (Å²) in [5, 5.41) is 8.62. The molecule has 1 radical (unpaired) electrons. The summed E-state index contributed by atoms with van der Waals surface area (Å²) in [5.41, 5.74) is 1.75. The predicted molar refractivity (Wildman–Crippen MR) is 44.7 cm³/mol. The quantitative estimate of drug-likeness (QED) is 0.577. The summed E-state index contributed by atoms with van der Waals surface area (Å²) in [5.74, 6) is 0.834. The van der Waals surface area contributed by atoms with Crippen LogP contribution in [-0.4, -0.2) is 6.61 Å². The highest BCUT2D eigenvalue weighted by atomic mass is 16.5. The number of hydrogen-bond donors (Lipinski definition) is 0.